The van der Waals surface area contributed by atoms with Gasteiger partial charge in [0.05, 0.1) is 25.4 Å². The molecule has 1 amide bonds. The minimum atomic E-state index is -4.31. The molecule has 0 bridgehead atoms. The molecule has 8 nitrogen and oxygen atoms in total. The van der Waals surface area contributed by atoms with E-state index in [0.717, 1.165) is 38.5 Å². The van der Waals surface area contributed by atoms with E-state index in [1.807, 2.05) is 6.08 Å². The van der Waals surface area contributed by atoms with Crippen molar-refractivity contribution in [3.63, 3.8) is 0 Å². The summed E-state index contributed by atoms with van der Waals surface area (Å²) < 4.78 is 21.9. The van der Waals surface area contributed by atoms with Crippen molar-refractivity contribution in [3.8, 4) is 0 Å². The second-order valence-corrected chi connectivity index (χ2v) is 13.2. The number of unbranched alkanes of at least 4 members (excludes halogenated alkanes) is 20. The first-order valence-corrected chi connectivity index (χ1v) is 18.8. The molecule has 42 heavy (non-hydrogen) atoms. The summed E-state index contributed by atoms with van der Waals surface area (Å²) in [7, 11) is -4.31. The van der Waals surface area contributed by atoms with E-state index in [1.54, 1.807) is 6.08 Å². The Bertz CT molecular complexity index is 679. The SMILES string of the molecule is CCCCCCC/C=C/C(O)C(COP(=O)(O)OCCN)NC(=O)CCCCCCCCCCCCCCCCCC. The number of nitrogens with two attached hydrogens (primary N) is 1. The quantitative estimate of drug-likeness (QED) is 0.0338. The zero-order chi connectivity index (χ0) is 31.2. The Kier molecular flexibility index (Phi) is 29.7. The van der Waals surface area contributed by atoms with E-state index < -0.39 is 20.0 Å². The van der Waals surface area contributed by atoms with Gasteiger partial charge in [-0.25, -0.2) is 4.57 Å². The van der Waals surface area contributed by atoms with Gasteiger partial charge in [-0.3, -0.25) is 13.8 Å². The molecule has 0 aliphatic carbocycles. The van der Waals surface area contributed by atoms with Crippen molar-refractivity contribution in [1.82, 2.24) is 5.32 Å². The van der Waals surface area contributed by atoms with Gasteiger partial charge in [0.25, 0.3) is 0 Å². The molecule has 0 aliphatic heterocycles. The number of aliphatic hydroxyl groups is 1. The molecular weight excluding hydrogens is 551 g/mol. The lowest BCUT2D eigenvalue weighted by molar-refractivity contribution is -0.123. The van der Waals surface area contributed by atoms with Gasteiger partial charge in [-0.2, -0.15) is 0 Å². The van der Waals surface area contributed by atoms with Crippen molar-refractivity contribution >= 4 is 13.7 Å². The van der Waals surface area contributed by atoms with E-state index in [9.17, 15) is 19.4 Å². The lowest BCUT2D eigenvalue weighted by Crippen LogP contribution is -2.45. The highest BCUT2D eigenvalue weighted by molar-refractivity contribution is 7.47. The molecule has 0 fully saturated rings. The third-order valence-corrected chi connectivity index (χ3v) is 8.60. The van der Waals surface area contributed by atoms with Crippen LogP contribution in [0.5, 0.6) is 0 Å². The van der Waals surface area contributed by atoms with Crippen LogP contribution >= 0.6 is 7.82 Å². The van der Waals surface area contributed by atoms with Crippen molar-refractivity contribution in [2.24, 2.45) is 5.73 Å². The molecular formula is C33H67N2O6P. The highest BCUT2D eigenvalue weighted by Gasteiger charge is 2.26. The Morgan fingerprint density at radius 1 is 0.762 bits per heavy atom. The predicted molar refractivity (Wildman–Crippen MR) is 175 cm³/mol. The van der Waals surface area contributed by atoms with Crippen LogP contribution in [0.15, 0.2) is 12.2 Å². The van der Waals surface area contributed by atoms with Crippen LogP contribution < -0.4 is 11.1 Å². The monoisotopic (exact) mass is 618 g/mol. The highest BCUT2D eigenvalue weighted by atomic mass is 31.2. The molecule has 0 rings (SSSR count). The van der Waals surface area contributed by atoms with Crippen molar-refractivity contribution in [2.45, 2.75) is 174 Å². The molecule has 0 aromatic rings. The average Bonchev–Trinajstić information content (AvgIpc) is 2.97. The van der Waals surface area contributed by atoms with Crippen LogP contribution in [-0.2, 0) is 18.4 Å². The maximum absolute atomic E-state index is 12.6. The van der Waals surface area contributed by atoms with Crippen molar-refractivity contribution in [3.05, 3.63) is 12.2 Å². The van der Waals surface area contributed by atoms with E-state index in [2.05, 4.69) is 19.2 Å². The molecule has 0 saturated heterocycles. The second kappa shape index (κ2) is 30.3. The van der Waals surface area contributed by atoms with Gasteiger partial charge in [-0.15, -0.1) is 0 Å². The Balaban J connectivity index is 4.19. The molecule has 0 spiro atoms. The van der Waals surface area contributed by atoms with Crippen molar-refractivity contribution < 1.29 is 28.4 Å². The molecule has 0 radical (unpaired) electrons. The molecule has 0 aromatic carbocycles. The van der Waals surface area contributed by atoms with Crippen LogP contribution in [0.2, 0.25) is 0 Å². The lowest BCUT2D eigenvalue weighted by atomic mass is 10.0. The topological polar surface area (TPSA) is 131 Å². The number of carbonyl (C=O) groups is 1. The van der Waals surface area contributed by atoms with Crippen LogP contribution in [-0.4, -0.2) is 47.8 Å². The normalized spacial score (nSPS) is 14.7. The number of hydrogen-bond donors (Lipinski definition) is 4. The van der Waals surface area contributed by atoms with Crippen LogP contribution in [0.1, 0.15) is 162 Å². The number of aliphatic hydroxyl groups excluding tert-OH is 1. The van der Waals surface area contributed by atoms with Crippen LogP contribution in [0, 0.1) is 0 Å². The number of rotatable bonds is 32. The fourth-order valence-electron chi connectivity index (χ4n) is 4.95. The highest BCUT2D eigenvalue weighted by Crippen LogP contribution is 2.43. The van der Waals surface area contributed by atoms with Crippen molar-refractivity contribution in [1.29, 1.82) is 0 Å². The summed E-state index contributed by atoms with van der Waals surface area (Å²) >= 11 is 0. The zero-order valence-electron chi connectivity index (χ0n) is 27.2. The van der Waals surface area contributed by atoms with Gasteiger partial charge >= 0.3 is 7.82 Å². The minimum absolute atomic E-state index is 0.0804. The Morgan fingerprint density at radius 2 is 1.21 bits per heavy atom. The first-order chi connectivity index (χ1) is 20.4. The van der Waals surface area contributed by atoms with Crippen LogP contribution in [0.4, 0.5) is 0 Å². The summed E-state index contributed by atoms with van der Waals surface area (Å²) in [5, 5.41) is 13.5. The van der Waals surface area contributed by atoms with Gasteiger partial charge < -0.3 is 21.1 Å². The van der Waals surface area contributed by atoms with Gasteiger partial charge in [0.2, 0.25) is 5.91 Å². The zero-order valence-corrected chi connectivity index (χ0v) is 28.1. The van der Waals surface area contributed by atoms with Crippen LogP contribution in [0.25, 0.3) is 0 Å². The molecule has 3 unspecified atom stereocenters. The minimum Gasteiger partial charge on any atom is -0.387 e. The van der Waals surface area contributed by atoms with E-state index >= 15 is 0 Å². The van der Waals surface area contributed by atoms with E-state index in [-0.39, 0.29) is 25.7 Å². The smallest absolute Gasteiger partial charge is 0.387 e. The van der Waals surface area contributed by atoms with Gasteiger partial charge in [0, 0.05) is 13.0 Å². The third-order valence-electron chi connectivity index (χ3n) is 7.61. The summed E-state index contributed by atoms with van der Waals surface area (Å²) in [6, 6.07) is -0.850. The average molecular weight is 619 g/mol. The molecule has 0 aromatic heterocycles. The number of phosphoric ester groups is 1. The summed E-state index contributed by atoms with van der Waals surface area (Å²) in [5.41, 5.74) is 5.33. The molecule has 0 aliphatic rings. The van der Waals surface area contributed by atoms with E-state index in [1.165, 1.54) is 103 Å². The standard InChI is InChI=1S/C33H67N2O6P/c1-3-5-7-9-11-12-13-14-15-16-17-18-19-21-23-25-27-33(37)35-31(30-41-42(38,39)40-29-28-34)32(36)26-24-22-20-10-8-6-4-2/h24,26,31-32,36H,3-23,25,27-30,34H2,1-2H3,(H,35,37)(H,38,39)/b26-24+. The maximum Gasteiger partial charge on any atom is 0.472 e. The largest absolute Gasteiger partial charge is 0.472 e. The first-order valence-electron chi connectivity index (χ1n) is 17.3. The first kappa shape index (κ1) is 41.2. The number of phosphoric acid groups is 1. The number of allylic oxidation sites excluding steroid dienone is 1. The Morgan fingerprint density at radius 3 is 1.69 bits per heavy atom. The number of hydrogen-bond acceptors (Lipinski definition) is 6. The Hall–Kier alpha value is -0.760. The molecule has 250 valence electrons. The van der Waals surface area contributed by atoms with Crippen molar-refractivity contribution in [2.75, 3.05) is 19.8 Å². The van der Waals surface area contributed by atoms with Gasteiger partial charge in [0.15, 0.2) is 0 Å². The van der Waals surface area contributed by atoms with E-state index in [0.29, 0.717) is 6.42 Å². The van der Waals surface area contributed by atoms with Gasteiger partial charge in [0.1, 0.15) is 0 Å². The number of carbonyl (C=O) groups excluding carboxylic acids is 1. The summed E-state index contributed by atoms with van der Waals surface area (Å²) in [6.45, 7) is 4.06. The third kappa shape index (κ3) is 28.0. The fourth-order valence-corrected chi connectivity index (χ4v) is 5.71. The molecule has 5 N–H and O–H groups in total. The van der Waals surface area contributed by atoms with Gasteiger partial charge in [-0.05, 0) is 19.3 Å². The molecule has 0 saturated carbocycles. The molecule has 0 heterocycles. The maximum atomic E-state index is 12.6. The Labute approximate surface area is 258 Å². The van der Waals surface area contributed by atoms with Gasteiger partial charge in [-0.1, -0.05) is 148 Å². The summed E-state index contributed by atoms with van der Waals surface area (Å²) in [5.74, 6) is -0.198. The molecule has 3 atom stereocenters. The number of nitrogens with one attached hydrogen (secondary N) is 1. The predicted octanol–water partition coefficient (Wildman–Crippen LogP) is 8.49. The fraction of sp³-hybridized carbons (Fsp3) is 0.909. The summed E-state index contributed by atoms with van der Waals surface area (Å²) in [4.78, 5) is 22.4. The molecule has 9 heteroatoms. The second-order valence-electron chi connectivity index (χ2n) is 11.7. The van der Waals surface area contributed by atoms with Crippen LogP contribution in [0.3, 0.4) is 0 Å². The summed E-state index contributed by atoms with van der Waals surface area (Å²) in [6.07, 6.45) is 29.9. The lowest BCUT2D eigenvalue weighted by Gasteiger charge is -2.23. The number of amides is 1. The van der Waals surface area contributed by atoms with E-state index in [4.69, 9.17) is 14.8 Å².